The first kappa shape index (κ1) is 6.63. The molecule has 0 aliphatic heterocycles. The second-order valence-corrected chi connectivity index (χ2v) is 1.47. The quantitative estimate of drug-likeness (QED) is 0.503. The van der Waals surface area contributed by atoms with Crippen molar-refractivity contribution in [2.75, 3.05) is 6.54 Å². The van der Waals surface area contributed by atoms with Crippen molar-refractivity contribution in [2.24, 2.45) is 4.99 Å². The molecule has 42 valence electrons. The molecule has 1 atom stereocenters. The molecule has 1 unspecified atom stereocenters. The highest BCUT2D eigenvalue weighted by molar-refractivity contribution is 5.53. The number of aliphatic hydroxyl groups is 1. The van der Waals surface area contributed by atoms with Crippen molar-refractivity contribution in [1.29, 1.82) is 0 Å². The highest BCUT2D eigenvalue weighted by Crippen LogP contribution is 1.77. The fraction of sp³-hybridized carbons (Fsp3) is 0.800. The maximum absolute atomic E-state index is 8.57. The Morgan fingerprint density at radius 3 is 2.57 bits per heavy atom. The van der Waals surface area contributed by atoms with Crippen LogP contribution < -0.4 is 0 Å². The highest BCUT2D eigenvalue weighted by atomic mass is 16.3. The lowest BCUT2D eigenvalue weighted by molar-refractivity contribution is 0.204. The summed E-state index contributed by atoms with van der Waals surface area (Å²) in [6.07, 6.45) is 1.39. The molecule has 2 nitrogen and oxygen atoms in total. The van der Waals surface area contributed by atoms with E-state index >= 15 is 0 Å². The van der Waals surface area contributed by atoms with Crippen molar-refractivity contribution in [3.8, 4) is 0 Å². The summed E-state index contributed by atoms with van der Waals surface area (Å²) >= 11 is 0. The highest BCUT2D eigenvalue weighted by Gasteiger charge is 1.86. The van der Waals surface area contributed by atoms with Gasteiger partial charge in [-0.3, -0.25) is 4.99 Å². The molecule has 0 aromatic carbocycles. The van der Waals surface area contributed by atoms with Gasteiger partial charge in [0.15, 0.2) is 0 Å². The van der Waals surface area contributed by atoms with E-state index in [1.165, 1.54) is 0 Å². The third-order valence-electron chi connectivity index (χ3n) is 0.552. The van der Waals surface area contributed by atoms with Gasteiger partial charge in [0.05, 0.1) is 12.6 Å². The molecule has 0 heterocycles. The van der Waals surface area contributed by atoms with Crippen LogP contribution in [0.25, 0.3) is 0 Å². The summed E-state index contributed by atoms with van der Waals surface area (Å²) in [6.45, 7) is 4.08. The van der Waals surface area contributed by atoms with Crippen LogP contribution in [-0.4, -0.2) is 24.0 Å². The Bertz CT molecular complexity index is 59.1. The smallest absolute Gasteiger partial charge is 0.0707 e. The van der Waals surface area contributed by atoms with E-state index in [-0.39, 0.29) is 6.10 Å². The van der Waals surface area contributed by atoms with Crippen LogP contribution in [0.5, 0.6) is 0 Å². The monoisotopic (exact) mass is 101 g/mol. The van der Waals surface area contributed by atoms with E-state index in [1.807, 2.05) is 6.92 Å². The Balaban J connectivity index is 2.97. The van der Waals surface area contributed by atoms with Crippen LogP contribution in [0.15, 0.2) is 4.99 Å². The molecule has 0 bridgehead atoms. The van der Waals surface area contributed by atoms with Gasteiger partial charge < -0.3 is 5.11 Å². The Labute approximate surface area is 43.9 Å². The number of rotatable bonds is 2. The van der Waals surface area contributed by atoms with Gasteiger partial charge in [-0.2, -0.15) is 0 Å². The minimum absolute atomic E-state index is 0.295. The molecule has 0 radical (unpaired) electrons. The van der Waals surface area contributed by atoms with Gasteiger partial charge in [-0.15, -0.1) is 0 Å². The average Bonchev–Trinajstić information content (AvgIpc) is 1.61. The number of hydrogen-bond acceptors (Lipinski definition) is 2. The minimum atomic E-state index is -0.295. The molecule has 0 aromatic rings. The van der Waals surface area contributed by atoms with Crippen molar-refractivity contribution in [3.63, 3.8) is 0 Å². The summed E-state index contributed by atoms with van der Waals surface area (Å²) in [4.78, 5) is 3.80. The second kappa shape index (κ2) is 3.81. The minimum Gasteiger partial charge on any atom is -0.391 e. The molecule has 0 aliphatic rings. The third kappa shape index (κ3) is 5.63. The lowest BCUT2D eigenvalue weighted by atomic mass is 10.4. The Kier molecular flexibility index (Phi) is 3.61. The van der Waals surface area contributed by atoms with Crippen LogP contribution in [0.1, 0.15) is 13.8 Å². The molecule has 2 heteroatoms. The third-order valence-corrected chi connectivity index (χ3v) is 0.552. The van der Waals surface area contributed by atoms with Crippen LogP contribution >= 0.6 is 0 Å². The van der Waals surface area contributed by atoms with E-state index in [4.69, 9.17) is 5.11 Å². The van der Waals surface area contributed by atoms with E-state index in [9.17, 15) is 0 Å². The zero-order valence-electron chi connectivity index (χ0n) is 4.76. The fourth-order valence-corrected chi connectivity index (χ4v) is 0.258. The summed E-state index contributed by atoms with van der Waals surface area (Å²) in [5, 5.41) is 8.57. The second-order valence-electron chi connectivity index (χ2n) is 1.47. The number of hydrogen-bond donors (Lipinski definition) is 1. The maximum atomic E-state index is 8.57. The molecule has 0 saturated heterocycles. The molecular formula is C5H11NO. The zero-order valence-corrected chi connectivity index (χ0v) is 4.76. The summed E-state index contributed by atoms with van der Waals surface area (Å²) in [7, 11) is 0. The Hall–Kier alpha value is -0.370. The molecule has 0 fully saturated rings. The van der Waals surface area contributed by atoms with Gasteiger partial charge in [-0.25, -0.2) is 0 Å². The summed E-state index contributed by atoms with van der Waals surface area (Å²) in [5.41, 5.74) is 0. The van der Waals surface area contributed by atoms with Gasteiger partial charge in [0, 0.05) is 0 Å². The molecule has 0 aromatic heterocycles. The van der Waals surface area contributed by atoms with Gasteiger partial charge in [0.25, 0.3) is 0 Å². The number of nitrogens with zero attached hydrogens (tertiary/aromatic N) is 1. The Morgan fingerprint density at radius 1 is 1.86 bits per heavy atom. The van der Waals surface area contributed by atoms with Crippen LogP contribution in [0, 0.1) is 0 Å². The van der Waals surface area contributed by atoms with Gasteiger partial charge in [0.2, 0.25) is 0 Å². The molecule has 0 rings (SSSR count). The number of aliphatic imine (C=N–C) groups is 1. The summed E-state index contributed by atoms with van der Waals surface area (Å²) < 4.78 is 0. The normalized spacial score (nSPS) is 15.3. The van der Waals surface area contributed by atoms with Crippen LogP contribution in [0.4, 0.5) is 0 Å². The number of aliphatic hydroxyl groups excluding tert-OH is 1. The van der Waals surface area contributed by atoms with Crippen LogP contribution in [0.2, 0.25) is 0 Å². The fourth-order valence-electron chi connectivity index (χ4n) is 0.258. The van der Waals surface area contributed by atoms with E-state index < -0.39 is 0 Å². The van der Waals surface area contributed by atoms with E-state index in [2.05, 4.69) is 4.99 Å². The first-order valence-corrected chi connectivity index (χ1v) is 2.40. The predicted octanol–water partition coefficient (Wildman–Crippen LogP) is 0.458. The van der Waals surface area contributed by atoms with Crippen LogP contribution in [-0.2, 0) is 0 Å². The van der Waals surface area contributed by atoms with E-state index in [0.717, 1.165) is 0 Å². The summed E-state index contributed by atoms with van der Waals surface area (Å²) in [5.74, 6) is 0. The lowest BCUT2D eigenvalue weighted by Gasteiger charge is -1.93. The van der Waals surface area contributed by atoms with Gasteiger partial charge in [0.1, 0.15) is 0 Å². The zero-order chi connectivity index (χ0) is 5.70. The lowest BCUT2D eigenvalue weighted by Crippen LogP contribution is -2.03. The van der Waals surface area contributed by atoms with Gasteiger partial charge >= 0.3 is 0 Å². The SMILES string of the molecule is CC=NCC(C)O. The van der Waals surface area contributed by atoms with Crippen molar-refractivity contribution in [3.05, 3.63) is 0 Å². The topological polar surface area (TPSA) is 32.6 Å². The first-order valence-electron chi connectivity index (χ1n) is 2.40. The van der Waals surface area contributed by atoms with Gasteiger partial charge in [-0.05, 0) is 20.1 Å². The molecular weight excluding hydrogens is 90.1 g/mol. The largest absolute Gasteiger partial charge is 0.391 e. The first-order chi connectivity index (χ1) is 3.27. The molecule has 1 N–H and O–H groups in total. The van der Waals surface area contributed by atoms with Crippen molar-refractivity contribution in [2.45, 2.75) is 20.0 Å². The molecule has 7 heavy (non-hydrogen) atoms. The molecule has 0 aliphatic carbocycles. The van der Waals surface area contributed by atoms with Gasteiger partial charge in [-0.1, -0.05) is 0 Å². The summed E-state index contributed by atoms with van der Waals surface area (Å²) in [6, 6.07) is 0. The Morgan fingerprint density at radius 2 is 2.43 bits per heavy atom. The standard InChI is InChI=1S/C5H11NO/c1-3-6-4-5(2)7/h3,5,7H,4H2,1-2H3. The average molecular weight is 101 g/mol. The van der Waals surface area contributed by atoms with Crippen molar-refractivity contribution >= 4 is 6.21 Å². The molecule has 0 spiro atoms. The predicted molar refractivity (Wildman–Crippen MR) is 30.7 cm³/mol. The maximum Gasteiger partial charge on any atom is 0.0707 e. The van der Waals surface area contributed by atoms with Crippen molar-refractivity contribution < 1.29 is 5.11 Å². The van der Waals surface area contributed by atoms with E-state index in [1.54, 1.807) is 13.1 Å². The van der Waals surface area contributed by atoms with Crippen molar-refractivity contribution in [1.82, 2.24) is 0 Å². The molecule has 0 amide bonds. The van der Waals surface area contributed by atoms with Crippen LogP contribution in [0.3, 0.4) is 0 Å². The molecule has 0 saturated carbocycles. The van der Waals surface area contributed by atoms with E-state index in [0.29, 0.717) is 6.54 Å².